The number of likely N-dealkylation sites (tertiary alicyclic amines) is 1. The summed E-state index contributed by atoms with van der Waals surface area (Å²) < 4.78 is 0. The van der Waals surface area contributed by atoms with E-state index in [9.17, 15) is 14.4 Å². The minimum atomic E-state index is -0.224. The van der Waals surface area contributed by atoms with Crippen molar-refractivity contribution in [2.75, 3.05) is 13.1 Å². The van der Waals surface area contributed by atoms with Gasteiger partial charge in [0.2, 0.25) is 5.91 Å². The van der Waals surface area contributed by atoms with E-state index < -0.39 is 0 Å². The van der Waals surface area contributed by atoms with E-state index in [1.807, 2.05) is 35.2 Å². The predicted molar refractivity (Wildman–Crippen MR) is 151 cm³/mol. The van der Waals surface area contributed by atoms with Gasteiger partial charge in [-0.1, -0.05) is 69.4 Å². The van der Waals surface area contributed by atoms with Gasteiger partial charge in [0, 0.05) is 36.3 Å². The maximum atomic E-state index is 13.3. The lowest BCUT2D eigenvalue weighted by molar-refractivity contribution is -0.127. The van der Waals surface area contributed by atoms with Crippen molar-refractivity contribution in [3.8, 4) is 0 Å². The summed E-state index contributed by atoms with van der Waals surface area (Å²) in [6.45, 7) is 3.34. The molecule has 2 fully saturated rings. The highest BCUT2D eigenvalue weighted by molar-refractivity contribution is 5.95. The molecule has 0 bridgehead atoms. The van der Waals surface area contributed by atoms with Crippen LogP contribution in [0.5, 0.6) is 0 Å². The van der Waals surface area contributed by atoms with E-state index in [0.717, 1.165) is 44.9 Å². The molecule has 2 aliphatic rings. The maximum absolute atomic E-state index is 13.3. The van der Waals surface area contributed by atoms with Crippen molar-refractivity contribution in [1.82, 2.24) is 15.5 Å². The average molecular weight is 518 g/mol. The fraction of sp³-hybridized carbons (Fsp3) is 0.531. The minimum Gasteiger partial charge on any atom is -0.351 e. The van der Waals surface area contributed by atoms with Crippen LogP contribution in [-0.2, 0) is 11.2 Å². The van der Waals surface area contributed by atoms with E-state index >= 15 is 0 Å². The number of carbonyl (C=O) groups is 3. The largest absolute Gasteiger partial charge is 0.351 e. The van der Waals surface area contributed by atoms with Crippen LogP contribution in [0.15, 0.2) is 54.6 Å². The molecule has 1 heterocycles. The lowest BCUT2D eigenvalue weighted by Gasteiger charge is -2.36. The zero-order chi connectivity index (χ0) is 26.7. The van der Waals surface area contributed by atoms with Crippen LogP contribution in [0.1, 0.15) is 97.4 Å². The van der Waals surface area contributed by atoms with Crippen molar-refractivity contribution in [3.05, 3.63) is 71.3 Å². The smallest absolute Gasteiger partial charge is 0.253 e. The van der Waals surface area contributed by atoms with Gasteiger partial charge in [0.25, 0.3) is 11.8 Å². The Bertz CT molecular complexity index is 1050. The van der Waals surface area contributed by atoms with Crippen molar-refractivity contribution < 1.29 is 14.4 Å². The number of nitrogens with zero attached hydrogens (tertiary/aromatic N) is 1. The van der Waals surface area contributed by atoms with E-state index in [0.29, 0.717) is 24.2 Å². The number of amides is 3. The molecule has 2 aromatic carbocycles. The number of nitrogens with one attached hydrogen (secondary N) is 2. The molecule has 0 aromatic heterocycles. The number of piperidine rings is 1. The SMILES string of the molecule is CCCCCCc1ccc(C(=O)N2CCC[C@@H](C(=O)N[C@@H]3CCCC[C@H]3NC(=O)c3ccccc3)C2)cc1. The molecule has 4 rings (SSSR count). The average Bonchev–Trinajstić information content (AvgIpc) is 2.97. The lowest BCUT2D eigenvalue weighted by Crippen LogP contribution is -2.55. The highest BCUT2D eigenvalue weighted by atomic mass is 16.2. The summed E-state index contributed by atoms with van der Waals surface area (Å²) in [5.41, 5.74) is 2.60. The molecule has 0 spiro atoms. The van der Waals surface area contributed by atoms with Crippen LogP contribution in [0.25, 0.3) is 0 Å². The third-order valence-electron chi connectivity index (χ3n) is 8.05. The van der Waals surface area contributed by atoms with Gasteiger partial charge in [-0.2, -0.15) is 0 Å². The van der Waals surface area contributed by atoms with Crippen LogP contribution in [-0.4, -0.2) is 47.8 Å². The molecule has 6 heteroatoms. The van der Waals surface area contributed by atoms with Crippen molar-refractivity contribution >= 4 is 17.7 Å². The summed E-state index contributed by atoms with van der Waals surface area (Å²) in [6.07, 6.45) is 11.4. The van der Waals surface area contributed by atoms with Gasteiger partial charge in [0.15, 0.2) is 0 Å². The molecule has 1 aliphatic heterocycles. The van der Waals surface area contributed by atoms with E-state index in [1.54, 1.807) is 12.1 Å². The number of benzene rings is 2. The predicted octanol–water partition coefficient (Wildman–Crippen LogP) is 5.52. The van der Waals surface area contributed by atoms with E-state index in [2.05, 4.69) is 29.7 Å². The molecule has 38 heavy (non-hydrogen) atoms. The molecular weight excluding hydrogens is 474 g/mol. The molecule has 204 valence electrons. The van der Waals surface area contributed by atoms with Crippen LogP contribution < -0.4 is 10.6 Å². The van der Waals surface area contributed by atoms with Gasteiger partial charge in [-0.05, 0) is 68.4 Å². The fourth-order valence-electron chi connectivity index (χ4n) is 5.75. The highest BCUT2D eigenvalue weighted by Crippen LogP contribution is 2.23. The topological polar surface area (TPSA) is 78.5 Å². The summed E-state index contributed by atoms with van der Waals surface area (Å²) in [5.74, 6) is -0.322. The van der Waals surface area contributed by atoms with Crippen molar-refractivity contribution in [3.63, 3.8) is 0 Å². The quantitative estimate of drug-likeness (QED) is 0.408. The van der Waals surface area contributed by atoms with Crippen LogP contribution >= 0.6 is 0 Å². The zero-order valence-corrected chi connectivity index (χ0v) is 22.8. The van der Waals surface area contributed by atoms with Gasteiger partial charge in [0.1, 0.15) is 0 Å². The summed E-state index contributed by atoms with van der Waals surface area (Å²) >= 11 is 0. The lowest BCUT2D eigenvalue weighted by atomic mass is 9.88. The van der Waals surface area contributed by atoms with Crippen molar-refractivity contribution in [2.45, 2.75) is 89.6 Å². The summed E-state index contributed by atoms with van der Waals surface area (Å²) in [4.78, 5) is 41.1. The summed E-state index contributed by atoms with van der Waals surface area (Å²) in [6, 6.07) is 17.1. The first-order valence-corrected chi connectivity index (χ1v) is 14.6. The van der Waals surface area contributed by atoms with Gasteiger partial charge in [-0.25, -0.2) is 0 Å². The highest BCUT2D eigenvalue weighted by Gasteiger charge is 2.33. The van der Waals surface area contributed by atoms with E-state index in [1.165, 1.54) is 31.2 Å². The van der Waals surface area contributed by atoms with E-state index in [4.69, 9.17) is 0 Å². The zero-order valence-electron chi connectivity index (χ0n) is 22.8. The second-order valence-corrected chi connectivity index (χ2v) is 10.9. The van der Waals surface area contributed by atoms with Crippen LogP contribution in [0.3, 0.4) is 0 Å². The number of carbonyl (C=O) groups excluding carboxylic acids is 3. The molecular formula is C32H43N3O3. The van der Waals surface area contributed by atoms with E-state index in [-0.39, 0.29) is 35.7 Å². The van der Waals surface area contributed by atoms with Gasteiger partial charge >= 0.3 is 0 Å². The molecule has 0 unspecified atom stereocenters. The number of unbranched alkanes of at least 4 members (excludes halogenated alkanes) is 3. The van der Waals surface area contributed by atoms with Gasteiger partial charge in [-0.3, -0.25) is 14.4 Å². The first-order valence-electron chi connectivity index (χ1n) is 14.6. The van der Waals surface area contributed by atoms with Gasteiger partial charge in [0.05, 0.1) is 5.92 Å². The number of hydrogen-bond donors (Lipinski definition) is 2. The summed E-state index contributed by atoms with van der Waals surface area (Å²) in [5, 5.41) is 6.39. The molecule has 2 aromatic rings. The van der Waals surface area contributed by atoms with Crippen LogP contribution in [0.2, 0.25) is 0 Å². The number of rotatable bonds is 10. The third kappa shape index (κ3) is 7.68. The maximum Gasteiger partial charge on any atom is 0.253 e. The monoisotopic (exact) mass is 517 g/mol. The Labute approximate surface area is 227 Å². The Morgan fingerprint density at radius 1 is 0.789 bits per heavy atom. The first kappa shape index (κ1) is 27.9. The Morgan fingerprint density at radius 3 is 2.21 bits per heavy atom. The van der Waals surface area contributed by atoms with Gasteiger partial charge < -0.3 is 15.5 Å². The number of hydrogen-bond acceptors (Lipinski definition) is 3. The molecule has 3 atom stereocenters. The second-order valence-electron chi connectivity index (χ2n) is 10.9. The Morgan fingerprint density at radius 2 is 1.50 bits per heavy atom. The molecule has 1 aliphatic carbocycles. The Balaban J connectivity index is 1.30. The molecule has 3 amide bonds. The first-order chi connectivity index (χ1) is 18.5. The Hall–Kier alpha value is -3.15. The summed E-state index contributed by atoms with van der Waals surface area (Å²) in [7, 11) is 0. The molecule has 1 saturated heterocycles. The fourth-order valence-corrected chi connectivity index (χ4v) is 5.75. The minimum absolute atomic E-state index is 0.00390. The normalized spacial score (nSPS) is 21.5. The standard InChI is InChI=1S/C32H43N3O3/c1-2-3-4-6-12-24-18-20-26(21-19-24)32(38)35-22-11-15-27(23-35)31(37)34-29-17-10-9-16-28(29)33-30(36)25-13-7-5-8-14-25/h5,7-8,13-14,18-21,27-29H,2-4,6,9-12,15-17,22-23H2,1H3,(H,33,36)(H,34,37)/t27-,28-,29-/m1/s1. The van der Waals surface area contributed by atoms with Crippen LogP contribution in [0, 0.1) is 5.92 Å². The van der Waals surface area contributed by atoms with Crippen molar-refractivity contribution in [1.29, 1.82) is 0 Å². The Kier molecular flexibility index (Phi) is 10.4. The van der Waals surface area contributed by atoms with Crippen LogP contribution in [0.4, 0.5) is 0 Å². The number of aryl methyl sites for hydroxylation is 1. The van der Waals surface area contributed by atoms with Crippen molar-refractivity contribution in [2.24, 2.45) is 5.92 Å². The third-order valence-corrected chi connectivity index (χ3v) is 8.05. The molecule has 6 nitrogen and oxygen atoms in total. The molecule has 1 saturated carbocycles. The van der Waals surface area contributed by atoms with Gasteiger partial charge in [-0.15, -0.1) is 0 Å². The molecule has 0 radical (unpaired) electrons. The second kappa shape index (κ2) is 14.1. The molecule has 2 N–H and O–H groups in total.